The summed E-state index contributed by atoms with van der Waals surface area (Å²) in [6.07, 6.45) is 8.34. The molecule has 0 atom stereocenters. The Bertz CT molecular complexity index is 1140. The monoisotopic (exact) mass is 419 g/mol. The first-order valence-corrected chi connectivity index (χ1v) is 10.9. The van der Waals surface area contributed by atoms with Crippen LogP contribution in [0.3, 0.4) is 0 Å². The smallest absolute Gasteiger partial charge is 0.335 e. The third-order valence-corrected chi connectivity index (χ3v) is 6.40. The number of ether oxygens (including phenoxy) is 1. The molecule has 7 heteroatoms. The second kappa shape index (κ2) is 7.91. The molecule has 2 aromatic carbocycles. The molecular weight excluding hydrogens is 398 g/mol. The van der Waals surface area contributed by atoms with Crippen molar-refractivity contribution < 1.29 is 14.6 Å². The quantitative estimate of drug-likeness (QED) is 0.460. The predicted molar refractivity (Wildman–Crippen MR) is 116 cm³/mol. The molecule has 30 heavy (non-hydrogen) atoms. The number of carboxylic acid groups (broad SMARTS) is 1. The van der Waals surface area contributed by atoms with Crippen LogP contribution in [-0.4, -0.2) is 31.8 Å². The van der Waals surface area contributed by atoms with Crippen LogP contribution in [0, 0.1) is 0 Å². The van der Waals surface area contributed by atoms with E-state index < -0.39 is 5.97 Å². The number of imidazole rings is 1. The number of hydrogen-bond donors (Lipinski definition) is 1. The zero-order chi connectivity index (χ0) is 20.5. The fourth-order valence-corrected chi connectivity index (χ4v) is 4.68. The Hall–Kier alpha value is -3.19. The Morgan fingerprint density at radius 2 is 1.70 bits per heavy atom. The average molecular weight is 420 g/mol. The fourth-order valence-electron chi connectivity index (χ4n) is 3.79. The average Bonchev–Trinajstić information content (AvgIpc) is 3.35. The highest BCUT2D eigenvalue weighted by Crippen LogP contribution is 2.30. The highest BCUT2D eigenvalue weighted by atomic mass is 32.1. The van der Waals surface area contributed by atoms with E-state index >= 15 is 0 Å². The van der Waals surface area contributed by atoms with E-state index in [1.165, 1.54) is 30.6 Å². The summed E-state index contributed by atoms with van der Waals surface area (Å²) >= 11 is 1.52. The minimum atomic E-state index is -0.936. The molecule has 1 aliphatic rings. The van der Waals surface area contributed by atoms with Gasteiger partial charge in [0.25, 0.3) is 0 Å². The van der Waals surface area contributed by atoms with Crippen molar-refractivity contribution in [3.63, 3.8) is 0 Å². The van der Waals surface area contributed by atoms with Crippen molar-refractivity contribution in [3.05, 3.63) is 60.3 Å². The summed E-state index contributed by atoms with van der Waals surface area (Å²) in [5.41, 5.74) is 2.93. The van der Waals surface area contributed by atoms with Crippen LogP contribution < -0.4 is 4.74 Å². The molecular formula is C23H21N3O3S. The first-order chi connectivity index (χ1) is 14.7. The summed E-state index contributed by atoms with van der Waals surface area (Å²) in [6, 6.07) is 14.8. The van der Waals surface area contributed by atoms with Gasteiger partial charge in [0.2, 0.25) is 4.96 Å². The maximum Gasteiger partial charge on any atom is 0.335 e. The summed E-state index contributed by atoms with van der Waals surface area (Å²) < 4.78 is 7.88. The number of hydrogen-bond acceptors (Lipinski definition) is 5. The normalized spacial score (nSPS) is 14.8. The molecule has 0 bridgehead atoms. The third kappa shape index (κ3) is 3.80. The van der Waals surface area contributed by atoms with E-state index in [-0.39, 0.29) is 5.56 Å². The van der Waals surface area contributed by atoms with Crippen LogP contribution in [0.2, 0.25) is 0 Å². The Labute approximate surface area is 177 Å². The van der Waals surface area contributed by atoms with Crippen molar-refractivity contribution in [1.29, 1.82) is 0 Å². The fraction of sp³-hybridized carbons (Fsp3) is 0.261. The van der Waals surface area contributed by atoms with Crippen LogP contribution in [0.4, 0.5) is 0 Å². The molecule has 5 rings (SSSR count). The van der Waals surface area contributed by atoms with Crippen molar-refractivity contribution in [2.45, 2.75) is 38.2 Å². The number of carbonyl (C=O) groups is 1. The molecule has 2 aromatic heterocycles. The number of nitrogens with zero attached hydrogens (tertiary/aromatic N) is 3. The molecule has 1 saturated carbocycles. The van der Waals surface area contributed by atoms with Gasteiger partial charge in [-0.15, -0.1) is 0 Å². The standard InChI is InChI=1S/C23H21N3O3S/c27-22(28)17-8-6-15(7-9-17)20-14-26-23(24-20)30-21(25-26)16-10-12-19(13-11-16)29-18-4-2-1-3-5-18/h6-14,18H,1-5H2,(H,27,28). The Kier molecular flexibility index (Phi) is 4.96. The van der Waals surface area contributed by atoms with Gasteiger partial charge in [-0.3, -0.25) is 0 Å². The molecule has 152 valence electrons. The number of aromatic nitrogens is 3. The summed E-state index contributed by atoms with van der Waals surface area (Å²) in [7, 11) is 0. The van der Waals surface area contributed by atoms with Crippen molar-refractivity contribution in [2.75, 3.05) is 0 Å². The van der Waals surface area contributed by atoms with Gasteiger partial charge < -0.3 is 9.84 Å². The van der Waals surface area contributed by atoms with E-state index in [1.807, 2.05) is 30.5 Å². The number of carboxylic acids is 1. The molecule has 0 aliphatic heterocycles. The summed E-state index contributed by atoms with van der Waals surface area (Å²) in [5, 5.41) is 14.6. The Morgan fingerprint density at radius 3 is 2.37 bits per heavy atom. The second-order valence-corrected chi connectivity index (χ2v) is 8.50. The van der Waals surface area contributed by atoms with Gasteiger partial charge in [0.05, 0.1) is 23.6 Å². The van der Waals surface area contributed by atoms with Crippen LogP contribution in [0.15, 0.2) is 54.7 Å². The summed E-state index contributed by atoms with van der Waals surface area (Å²) in [4.78, 5) is 16.4. The Balaban J connectivity index is 1.33. The van der Waals surface area contributed by atoms with Crippen LogP contribution in [0.25, 0.3) is 26.8 Å². The number of fused-ring (bicyclic) bond motifs is 1. The lowest BCUT2D eigenvalue weighted by molar-refractivity contribution is 0.0697. The molecule has 0 amide bonds. The molecule has 1 aliphatic carbocycles. The van der Waals surface area contributed by atoms with Gasteiger partial charge in [-0.2, -0.15) is 5.10 Å². The maximum absolute atomic E-state index is 11.0. The molecule has 1 N–H and O–H groups in total. The first-order valence-electron chi connectivity index (χ1n) is 10.1. The van der Waals surface area contributed by atoms with Gasteiger partial charge in [-0.25, -0.2) is 14.3 Å². The second-order valence-electron chi connectivity index (χ2n) is 7.55. The van der Waals surface area contributed by atoms with E-state index in [4.69, 9.17) is 9.84 Å². The van der Waals surface area contributed by atoms with Crippen LogP contribution in [-0.2, 0) is 0 Å². The van der Waals surface area contributed by atoms with Gasteiger partial charge in [0, 0.05) is 11.1 Å². The Morgan fingerprint density at radius 1 is 1.00 bits per heavy atom. The predicted octanol–water partition coefficient (Wildman–Crippen LogP) is 5.53. The molecule has 4 aromatic rings. The molecule has 6 nitrogen and oxygen atoms in total. The molecule has 0 radical (unpaired) electrons. The van der Waals surface area contributed by atoms with Crippen molar-refractivity contribution in [2.24, 2.45) is 0 Å². The van der Waals surface area contributed by atoms with Crippen LogP contribution in [0.1, 0.15) is 42.5 Å². The minimum absolute atomic E-state index is 0.260. The summed E-state index contributed by atoms with van der Waals surface area (Å²) in [5.74, 6) is -0.0204. The molecule has 0 spiro atoms. The van der Waals surface area contributed by atoms with E-state index in [9.17, 15) is 4.79 Å². The van der Waals surface area contributed by atoms with Gasteiger partial charge in [0.15, 0.2) is 0 Å². The molecule has 0 unspecified atom stereocenters. The highest BCUT2D eigenvalue weighted by Gasteiger charge is 2.15. The highest BCUT2D eigenvalue weighted by molar-refractivity contribution is 7.19. The zero-order valence-corrected chi connectivity index (χ0v) is 17.1. The maximum atomic E-state index is 11.0. The van der Waals surface area contributed by atoms with Crippen molar-refractivity contribution in [1.82, 2.24) is 14.6 Å². The molecule has 1 fully saturated rings. The van der Waals surface area contributed by atoms with Gasteiger partial charge in [0.1, 0.15) is 10.8 Å². The largest absolute Gasteiger partial charge is 0.490 e. The van der Waals surface area contributed by atoms with Gasteiger partial charge in [-0.05, 0) is 62.1 Å². The zero-order valence-electron chi connectivity index (χ0n) is 16.3. The van der Waals surface area contributed by atoms with Crippen molar-refractivity contribution in [3.8, 4) is 27.6 Å². The van der Waals surface area contributed by atoms with Crippen molar-refractivity contribution >= 4 is 22.3 Å². The van der Waals surface area contributed by atoms with E-state index in [0.29, 0.717) is 6.10 Å². The minimum Gasteiger partial charge on any atom is -0.490 e. The van der Waals surface area contributed by atoms with Gasteiger partial charge >= 0.3 is 5.97 Å². The summed E-state index contributed by atoms with van der Waals surface area (Å²) in [6.45, 7) is 0. The lowest BCUT2D eigenvalue weighted by Crippen LogP contribution is -2.19. The number of aromatic carboxylic acids is 1. The van der Waals surface area contributed by atoms with E-state index in [1.54, 1.807) is 28.8 Å². The lowest BCUT2D eigenvalue weighted by atomic mass is 9.98. The van der Waals surface area contributed by atoms with E-state index in [2.05, 4.69) is 10.1 Å². The first kappa shape index (κ1) is 18.8. The van der Waals surface area contributed by atoms with Gasteiger partial charge in [-0.1, -0.05) is 29.9 Å². The molecule has 0 saturated heterocycles. The third-order valence-electron chi connectivity index (χ3n) is 5.43. The van der Waals surface area contributed by atoms with Crippen LogP contribution in [0.5, 0.6) is 5.75 Å². The molecule has 2 heterocycles. The van der Waals surface area contributed by atoms with Crippen LogP contribution >= 0.6 is 11.3 Å². The SMILES string of the molecule is O=C(O)c1ccc(-c2cn3nc(-c4ccc(OC5CCCCC5)cc4)sc3n2)cc1. The number of benzene rings is 2. The lowest BCUT2D eigenvalue weighted by Gasteiger charge is -2.22. The number of rotatable bonds is 5. The topological polar surface area (TPSA) is 76.7 Å². The van der Waals surface area contributed by atoms with E-state index in [0.717, 1.165) is 45.4 Å².